The summed E-state index contributed by atoms with van der Waals surface area (Å²) < 4.78 is 7.10. The van der Waals surface area contributed by atoms with Gasteiger partial charge in [-0.15, -0.1) is 5.10 Å². The molecule has 1 aliphatic carbocycles. The van der Waals surface area contributed by atoms with Crippen LogP contribution in [0.2, 0.25) is 0 Å². The van der Waals surface area contributed by atoms with Crippen molar-refractivity contribution >= 4 is 6.09 Å². The predicted molar refractivity (Wildman–Crippen MR) is 66.3 cm³/mol. The number of carbonyl (C=O) groups is 1. The average Bonchev–Trinajstić information content (AvgIpc) is 2.68. The molecule has 1 aliphatic heterocycles. The fourth-order valence-electron chi connectivity index (χ4n) is 2.90. The predicted octanol–water partition coefficient (Wildman–Crippen LogP) is 0.790. The van der Waals surface area contributed by atoms with Gasteiger partial charge in [0.05, 0.1) is 0 Å². The number of carbonyl (C=O) groups excluding carboxylic acids is 1. The van der Waals surface area contributed by atoms with Crippen molar-refractivity contribution in [3.8, 4) is 0 Å². The molecular formula is C12H19N5O2. The third-order valence-electron chi connectivity index (χ3n) is 3.80. The molecule has 7 heteroatoms. The molecule has 0 spiro atoms. The second-order valence-corrected chi connectivity index (χ2v) is 6.40. The topological polar surface area (TPSA) is 73.1 Å². The highest BCUT2D eigenvalue weighted by molar-refractivity contribution is 5.69. The summed E-state index contributed by atoms with van der Waals surface area (Å²) in [5, 5.41) is 11.6. The highest BCUT2D eigenvalue weighted by atomic mass is 16.6. The quantitative estimate of drug-likeness (QED) is 0.750. The lowest BCUT2D eigenvalue weighted by atomic mass is 10.2. The minimum absolute atomic E-state index is 0.213. The van der Waals surface area contributed by atoms with Crippen molar-refractivity contribution in [1.82, 2.24) is 25.1 Å². The fraction of sp³-hybridized carbons (Fsp3) is 0.833. The molecule has 3 atom stereocenters. The molecule has 2 fully saturated rings. The molecule has 3 rings (SSSR count). The minimum atomic E-state index is -0.434. The summed E-state index contributed by atoms with van der Waals surface area (Å²) in [6.07, 6.45) is -0.213. The van der Waals surface area contributed by atoms with Crippen LogP contribution in [0.1, 0.15) is 32.5 Å². The SMILES string of the molecule is Cn1nnnc1[C@H]1[C@@H]2CN(C(=O)OC(C)(C)C)C[C@@H]21. The van der Waals surface area contributed by atoms with Crippen LogP contribution in [0, 0.1) is 11.8 Å². The van der Waals surface area contributed by atoms with E-state index < -0.39 is 5.60 Å². The van der Waals surface area contributed by atoms with Gasteiger partial charge < -0.3 is 9.64 Å². The van der Waals surface area contributed by atoms with Crippen molar-refractivity contribution in [3.63, 3.8) is 0 Å². The third-order valence-corrected chi connectivity index (χ3v) is 3.80. The van der Waals surface area contributed by atoms with E-state index in [-0.39, 0.29) is 6.09 Å². The van der Waals surface area contributed by atoms with E-state index >= 15 is 0 Å². The molecule has 2 aliphatic rings. The summed E-state index contributed by atoms with van der Waals surface area (Å²) in [6, 6.07) is 0. The maximum atomic E-state index is 11.9. The Balaban J connectivity index is 1.59. The van der Waals surface area contributed by atoms with Crippen molar-refractivity contribution in [1.29, 1.82) is 0 Å². The zero-order valence-electron chi connectivity index (χ0n) is 11.7. The zero-order valence-corrected chi connectivity index (χ0v) is 11.7. The summed E-state index contributed by atoms with van der Waals surface area (Å²) in [5.74, 6) is 2.30. The van der Waals surface area contributed by atoms with E-state index in [4.69, 9.17) is 4.74 Å². The van der Waals surface area contributed by atoms with E-state index in [1.807, 2.05) is 27.8 Å². The Morgan fingerprint density at radius 3 is 2.42 bits per heavy atom. The monoisotopic (exact) mass is 265 g/mol. The number of aromatic nitrogens is 4. The Morgan fingerprint density at radius 2 is 1.95 bits per heavy atom. The van der Waals surface area contributed by atoms with Gasteiger partial charge in [0.2, 0.25) is 0 Å². The van der Waals surface area contributed by atoms with E-state index in [9.17, 15) is 4.79 Å². The molecule has 0 aromatic carbocycles. The van der Waals surface area contributed by atoms with E-state index in [0.717, 1.165) is 18.9 Å². The Hall–Kier alpha value is -1.66. The molecule has 104 valence electrons. The number of tetrazole rings is 1. The van der Waals surface area contributed by atoms with Crippen molar-refractivity contribution < 1.29 is 9.53 Å². The van der Waals surface area contributed by atoms with Gasteiger partial charge in [-0.1, -0.05) is 0 Å². The molecule has 1 saturated carbocycles. The largest absolute Gasteiger partial charge is 0.444 e. The van der Waals surface area contributed by atoms with E-state index in [1.54, 1.807) is 9.58 Å². The second kappa shape index (κ2) is 3.91. The molecule has 1 aromatic heterocycles. The number of amides is 1. The summed E-state index contributed by atoms with van der Waals surface area (Å²) in [5.41, 5.74) is -0.434. The summed E-state index contributed by atoms with van der Waals surface area (Å²) in [7, 11) is 1.86. The first-order valence-corrected chi connectivity index (χ1v) is 6.57. The fourth-order valence-corrected chi connectivity index (χ4v) is 2.90. The molecule has 7 nitrogen and oxygen atoms in total. The second-order valence-electron chi connectivity index (χ2n) is 6.40. The van der Waals surface area contributed by atoms with Gasteiger partial charge in [0, 0.05) is 26.1 Å². The van der Waals surface area contributed by atoms with Gasteiger partial charge in [0.1, 0.15) is 5.60 Å². The van der Waals surface area contributed by atoms with Gasteiger partial charge in [0.25, 0.3) is 0 Å². The lowest BCUT2D eigenvalue weighted by Gasteiger charge is -2.25. The zero-order chi connectivity index (χ0) is 13.8. The Kier molecular flexibility index (Phi) is 2.55. The normalized spacial score (nSPS) is 29.3. The number of ether oxygens (including phenoxy) is 1. The molecule has 0 N–H and O–H groups in total. The van der Waals surface area contributed by atoms with Crippen molar-refractivity contribution in [2.75, 3.05) is 13.1 Å². The van der Waals surface area contributed by atoms with Gasteiger partial charge in [-0.05, 0) is 43.0 Å². The van der Waals surface area contributed by atoms with Crippen LogP contribution in [0.25, 0.3) is 0 Å². The first kappa shape index (κ1) is 12.4. The van der Waals surface area contributed by atoms with Crippen LogP contribution in [0.4, 0.5) is 4.79 Å². The van der Waals surface area contributed by atoms with Crippen molar-refractivity contribution in [3.05, 3.63) is 5.82 Å². The van der Waals surface area contributed by atoms with Gasteiger partial charge >= 0.3 is 6.09 Å². The first-order chi connectivity index (χ1) is 8.87. The molecule has 2 heterocycles. The molecule has 1 saturated heterocycles. The number of nitrogens with zero attached hydrogens (tertiary/aromatic N) is 5. The molecule has 0 radical (unpaired) electrons. The number of likely N-dealkylation sites (tertiary alicyclic amines) is 1. The van der Waals surface area contributed by atoms with Gasteiger partial charge in [-0.2, -0.15) is 0 Å². The lowest BCUT2D eigenvalue weighted by molar-refractivity contribution is 0.0270. The minimum Gasteiger partial charge on any atom is -0.444 e. The van der Waals surface area contributed by atoms with Crippen LogP contribution >= 0.6 is 0 Å². The van der Waals surface area contributed by atoms with E-state index in [0.29, 0.717) is 17.8 Å². The van der Waals surface area contributed by atoms with E-state index in [1.165, 1.54) is 0 Å². The van der Waals surface area contributed by atoms with Crippen LogP contribution in [0.5, 0.6) is 0 Å². The smallest absolute Gasteiger partial charge is 0.410 e. The number of hydrogen-bond acceptors (Lipinski definition) is 5. The number of piperidine rings is 1. The summed E-state index contributed by atoms with van der Waals surface area (Å²) >= 11 is 0. The van der Waals surface area contributed by atoms with Gasteiger partial charge in [-0.25, -0.2) is 9.48 Å². The molecule has 19 heavy (non-hydrogen) atoms. The Bertz CT molecular complexity index is 494. The van der Waals surface area contributed by atoms with Crippen LogP contribution in [0.3, 0.4) is 0 Å². The Labute approximate surface area is 111 Å². The maximum Gasteiger partial charge on any atom is 0.410 e. The maximum absolute atomic E-state index is 11.9. The number of rotatable bonds is 1. The van der Waals surface area contributed by atoms with E-state index in [2.05, 4.69) is 15.5 Å². The number of hydrogen-bond donors (Lipinski definition) is 0. The summed E-state index contributed by atoms with van der Waals surface area (Å²) in [6.45, 7) is 7.15. The Morgan fingerprint density at radius 1 is 1.32 bits per heavy atom. The third kappa shape index (κ3) is 2.17. The number of aryl methyl sites for hydroxylation is 1. The van der Waals surface area contributed by atoms with Crippen LogP contribution in [-0.2, 0) is 11.8 Å². The molecular weight excluding hydrogens is 246 g/mol. The van der Waals surface area contributed by atoms with Crippen LogP contribution in [0.15, 0.2) is 0 Å². The lowest BCUT2D eigenvalue weighted by Crippen LogP contribution is -2.37. The van der Waals surface area contributed by atoms with Gasteiger partial charge in [0.15, 0.2) is 5.82 Å². The molecule has 0 bridgehead atoms. The average molecular weight is 265 g/mol. The molecule has 0 unspecified atom stereocenters. The van der Waals surface area contributed by atoms with Crippen LogP contribution < -0.4 is 0 Å². The van der Waals surface area contributed by atoms with Gasteiger partial charge in [-0.3, -0.25) is 0 Å². The highest BCUT2D eigenvalue weighted by Gasteiger charge is 2.59. The van der Waals surface area contributed by atoms with Crippen LogP contribution in [-0.4, -0.2) is 49.9 Å². The molecule has 1 aromatic rings. The van der Waals surface area contributed by atoms with Crippen molar-refractivity contribution in [2.24, 2.45) is 18.9 Å². The standard InChI is InChI=1S/C12H19N5O2/c1-12(2,3)19-11(18)17-5-7-8(6-17)9(7)10-13-14-15-16(10)4/h7-9H,5-6H2,1-4H3/t7-,8+,9+. The number of fused-ring (bicyclic) bond motifs is 1. The first-order valence-electron chi connectivity index (χ1n) is 6.57. The summed E-state index contributed by atoms with van der Waals surface area (Å²) in [4.78, 5) is 13.7. The molecule has 1 amide bonds. The highest BCUT2D eigenvalue weighted by Crippen LogP contribution is 2.57. The van der Waals surface area contributed by atoms with Crippen molar-refractivity contribution in [2.45, 2.75) is 32.3 Å².